The summed E-state index contributed by atoms with van der Waals surface area (Å²) in [6.07, 6.45) is 0. The lowest BCUT2D eigenvalue weighted by Crippen LogP contribution is -2.15. The van der Waals surface area contributed by atoms with E-state index in [-0.39, 0.29) is 122 Å². The van der Waals surface area contributed by atoms with Crippen molar-refractivity contribution in [1.82, 2.24) is 0 Å². The highest BCUT2D eigenvalue weighted by Crippen LogP contribution is 2.43. The number of hydrogen-bond acceptors (Lipinski definition) is 50. The molecule has 0 saturated carbocycles. The molecule has 0 spiro atoms. The maximum atomic E-state index is 14.2. The molecule has 0 radical (unpaired) electrons. The van der Waals surface area contributed by atoms with Gasteiger partial charge in [-0.3, -0.25) is 46.5 Å². The molecular formula is C76H48Cl6O50S17. The van der Waals surface area contributed by atoms with E-state index in [1.54, 1.807) is 0 Å². The van der Waals surface area contributed by atoms with Crippen LogP contribution in [0.15, 0.2) is 326 Å². The fourth-order valence-corrected chi connectivity index (χ4v) is 27.9. The van der Waals surface area contributed by atoms with Gasteiger partial charge in [0, 0.05) is 83.9 Å². The first-order valence-corrected chi connectivity index (χ1v) is 59.9. The molecular weight excluding hydrogens is 2470 g/mol. The Balaban J connectivity index is 0.000000229. The van der Waals surface area contributed by atoms with Crippen LogP contribution in [-0.2, 0) is 166 Å². The standard InChI is InChI=1S/2C26H16Cl2O16S5.C24H16Cl2O18S7/c27-23-3-1-17(11-21(23)25(29)13-5-15(45-43-41-31)9-19(7-13)48(35,36)37)47(33,34)18-2-4-24(28)22(12-18)26(30)14-6-16(46-44-42-32)10-20(8-14)49(38,39)40;27-15-1-3-23(21(9-15)25(29)13-5-17(45-43-41-31)11-19(7-13)48(35,36)37)47(33,34)24-4-2-16(28)10-22(24)26(30)14-6-18(46-44-42-32)12-20(8-14)49(38,39)40;25-21-3-1-15(11-23(21)48(31,32)17-5-13(45-43-41-27)7-19(9-17)50(35,36)37)47(29,30)16-2-4-22(26)24(12-16)49(33,34)18-6-14(46-44-42-28)8-20(10-18)51(38,39)40/h2*1-12,31-32H,(H,35,36,37)(H,38,39,40);1-12,27-28H,(H,35,36,37)(H,38,39,40). The van der Waals surface area contributed by atoms with Gasteiger partial charge in [0.2, 0.25) is 49.2 Å². The molecule has 0 aliphatic heterocycles. The third-order valence-corrected chi connectivity index (χ3v) is 37.8. The fraction of sp³-hybridized carbons (Fsp3) is 0. The first kappa shape index (κ1) is 122. The molecule has 0 bridgehead atoms. The molecule has 73 heteroatoms. The monoisotopic (exact) mass is 2510 g/mol. The number of sulfone groups is 5. The molecule has 0 aliphatic rings. The van der Waals surface area contributed by atoms with Gasteiger partial charge in [0.05, 0.1) is 171 Å². The summed E-state index contributed by atoms with van der Waals surface area (Å²) in [4.78, 5) is 40.6. The van der Waals surface area contributed by atoms with Crippen LogP contribution in [0.2, 0.25) is 30.1 Å². The molecule has 0 aliphatic carbocycles. The van der Waals surface area contributed by atoms with Crippen LogP contribution >= 0.6 is 142 Å². The van der Waals surface area contributed by atoms with Gasteiger partial charge in [0.1, 0.15) is 0 Å². The minimum Gasteiger partial charge on any atom is -0.289 e. The van der Waals surface area contributed by atoms with Crippen molar-refractivity contribution in [2.75, 3.05) is 0 Å². The number of halogens is 6. The Hall–Kier alpha value is -8.35. The van der Waals surface area contributed by atoms with E-state index in [0.717, 1.165) is 194 Å². The van der Waals surface area contributed by atoms with Crippen molar-refractivity contribution in [3.05, 3.63) is 293 Å². The summed E-state index contributed by atoms with van der Waals surface area (Å²) >= 11 is 38.1. The summed E-state index contributed by atoms with van der Waals surface area (Å²) < 4.78 is 363. The van der Waals surface area contributed by atoms with E-state index in [9.17, 15) is 139 Å². The summed E-state index contributed by atoms with van der Waals surface area (Å²) in [6.45, 7) is 0. The first-order chi connectivity index (χ1) is 69.2. The highest BCUT2D eigenvalue weighted by molar-refractivity contribution is 7.97. The van der Waals surface area contributed by atoms with Crippen molar-refractivity contribution in [2.24, 2.45) is 0 Å². The number of hydrogen-bond donors (Lipinski definition) is 12. The zero-order valence-corrected chi connectivity index (χ0v) is 89.3. The molecule has 0 heterocycles. The average Bonchev–Trinajstić information content (AvgIpc) is 0.752. The van der Waals surface area contributed by atoms with Crippen molar-refractivity contribution in [1.29, 1.82) is 0 Å². The third-order valence-electron chi connectivity index (χ3n) is 18.6. The second-order valence-corrected chi connectivity index (χ2v) is 53.1. The lowest BCUT2D eigenvalue weighted by atomic mass is 10.0. The smallest absolute Gasteiger partial charge is 0.289 e. The number of ketones is 4. The van der Waals surface area contributed by atoms with Gasteiger partial charge in [-0.25, -0.2) is 73.6 Å². The number of carbonyl (C=O) groups excluding carboxylic acids is 4. The largest absolute Gasteiger partial charge is 0.294 e. The van der Waals surface area contributed by atoms with E-state index in [4.69, 9.17) is 101 Å². The van der Waals surface area contributed by atoms with E-state index in [1.807, 2.05) is 0 Å². The van der Waals surface area contributed by atoms with Gasteiger partial charge in [0.25, 0.3) is 60.7 Å². The molecule has 796 valence electrons. The van der Waals surface area contributed by atoms with Crippen molar-refractivity contribution in [3.63, 3.8) is 0 Å². The SMILES string of the molecule is O=C(c1cc(SOOO)cc(S(=O)(=O)O)c1)c1cc(Cl)ccc1S(=O)(=O)c1ccc(Cl)cc1C(=O)c1cc(SOOO)cc(S(=O)(=O)O)c1.O=C(c1cc(SOOO)cc(S(=O)(=O)O)c1)c1cc(S(=O)(=O)c2ccc(Cl)c(C(=O)c3cc(SOOO)cc(S(=O)(=O)O)c3)c2)ccc1Cl.O=S(=O)(O)c1cc(SOOO)cc(S(=O)(=O)c2cc(S(=O)(=O)c3ccc(Cl)c(S(=O)(=O)c4cc(SOOO)cc(S(=O)(=O)O)c4)c3)ccc2Cl)c1. The molecule has 12 aromatic rings. The van der Waals surface area contributed by atoms with E-state index < -0.39 is 266 Å². The fourth-order valence-electron chi connectivity index (χ4n) is 12.2. The molecule has 0 amide bonds. The highest BCUT2D eigenvalue weighted by Gasteiger charge is 2.37. The molecule has 149 heavy (non-hydrogen) atoms. The summed E-state index contributed by atoms with van der Waals surface area (Å²) in [6, 6.07) is 31.3. The van der Waals surface area contributed by atoms with Crippen LogP contribution in [0.4, 0.5) is 0 Å². The predicted octanol–water partition coefficient (Wildman–Crippen LogP) is 16.1. The number of carbonyl (C=O) groups is 4. The zero-order chi connectivity index (χ0) is 111. The quantitative estimate of drug-likeness (QED) is 0.00556. The Bertz CT molecular complexity index is 8280. The van der Waals surface area contributed by atoms with E-state index in [1.165, 1.54) is 0 Å². The molecule has 12 N–H and O–H groups in total. The van der Waals surface area contributed by atoms with Crippen molar-refractivity contribution < 1.29 is 227 Å². The Labute approximate surface area is 893 Å². The molecule has 0 saturated heterocycles. The highest BCUT2D eigenvalue weighted by atomic mass is 35.5. The van der Waals surface area contributed by atoms with Gasteiger partial charge in [-0.2, -0.15) is 50.5 Å². The Morgan fingerprint density at radius 2 is 0.403 bits per heavy atom. The van der Waals surface area contributed by atoms with Gasteiger partial charge in [-0.15, -0.1) is 26.0 Å². The van der Waals surface area contributed by atoms with Crippen molar-refractivity contribution >= 4 is 275 Å². The van der Waals surface area contributed by atoms with Crippen molar-refractivity contribution in [3.8, 4) is 0 Å². The Morgan fingerprint density at radius 1 is 0.195 bits per heavy atom. The normalized spacial score (nSPS) is 12.5. The predicted molar refractivity (Wildman–Crippen MR) is 511 cm³/mol. The lowest BCUT2D eigenvalue weighted by Gasteiger charge is -2.15. The topological polar surface area (TPSA) is 797 Å². The minimum atomic E-state index is -5.04. The van der Waals surface area contributed by atoms with Gasteiger partial charge in [-0.1, -0.05) is 99.8 Å². The van der Waals surface area contributed by atoms with E-state index in [2.05, 4.69) is 56.2 Å². The average molecular weight is 2520 g/mol. The lowest BCUT2D eigenvalue weighted by molar-refractivity contribution is -0.432. The first-order valence-electron chi connectivity index (χ1n) is 37.1. The molecule has 12 rings (SSSR count). The summed E-state index contributed by atoms with van der Waals surface area (Å²) in [5.74, 6) is -4.30. The van der Waals surface area contributed by atoms with Crippen LogP contribution in [0.1, 0.15) is 63.7 Å². The summed E-state index contributed by atoms with van der Waals surface area (Å²) in [5.41, 5.74) is -3.95. The molecule has 0 aromatic heterocycles. The summed E-state index contributed by atoms with van der Waals surface area (Å²) in [7, 11) is -54.0. The molecule has 0 unspecified atom stereocenters. The third kappa shape index (κ3) is 30.7. The molecule has 12 aromatic carbocycles. The minimum absolute atomic E-state index is 0.128. The number of rotatable bonds is 42. The van der Waals surface area contributed by atoms with Crippen LogP contribution in [0, 0.1) is 0 Å². The van der Waals surface area contributed by atoms with Gasteiger partial charge >= 0.3 is 0 Å². The number of benzene rings is 12. The molecule has 0 atom stereocenters. The van der Waals surface area contributed by atoms with E-state index in [0.29, 0.717) is 24.3 Å². The van der Waals surface area contributed by atoms with Gasteiger partial charge in [-0.05, 0) is 218 Å². The van der Waals surface area contributed by atoms with Crippen LogP contribution in [-0.4, -0.2) is 175 Å². The van der Waals surface area contributed by atoms with Crippen LogP contribution < -0.4 is 0 Å². The second kappa shape index (κ2) is 50.0. The van der Waals surface area contributed by atoms with Gasteiger partial charge in [0.15, 0.2) is 23.1 Å². The van der Waals surface area contributed by atoms with E-state index >= 15 is 0 Å². The maximum Gasteiger partial charge on any atom is 0.294 e. The molecule has 0 fully saturated rings. The van der Waals surface area contributed by atoms with Crippen LogP contribution in [0.25, 0.3) is 0 Å². The maximum absolute atomic E-state index is 14.2. The second-order valence-electron chi connectivity index (χ2n) is 27.8. The van der Waals surface area contributed by atoms with Crippen LogP contribution in [0.5, 0.6) is 0 Å². The van der Waals surface area contributed by atoms with Crippen LogP contribution in [0.3, 0.4) is 0 Å². The Kier molecular flexibility index (Phi) is 41.1. The Morgan fingerprint density at radius 3 is 0.638 bits per heavy atom. The van der Waals surface area contributed by atoms with Crippen molar-refractivity contribution in [2.45, 2.75) is 108 Å². The molecule has 50 nitrogen and oxygen atoms in total. The summed E-state index contributed by atoms with van der Waals surface area (Å²) in [5, 5.41) is 69.4. The van der Waals surface area contributed by atoms with Gasteiger partial charge < -0.3 is 0 Å². The zero-order valence-electron chi connectivity index (χ0n) is 70.9.